The molecule has 0 aliphatic carbocycles. The van der Waals surface area contributed by atoms with E-state index in [0.717, 1.165) is 19.3 Å². The van der Waals surface area contributed by atoms with Gasteiger partial charge in [-0.3, -0.25) is 0 Å². The molecule has 1 unspecified atom stereocenters. The molecule has 1 atom stereocenters. The second-order valence-electron chi connectivity index (χ2n) is 4.55. The molecule has 0 bridgehead atoms. The number of thiocarbonyl (C=S) groups is 1. The average Bonchev–Trinajstić information content (AvgIpc) is 2.29. The standard InChI is InChI=1S/C10H21N3O2S2/c1-9(10(11)16)8-12(2)17(14,15)13-6-4-3-5-7-13/h9H,3-8H2,1-2H3,(H2,11,16). The fourth-order valence-corrected chi connectivity index (χ4v) is 3.46. The Bertz CT molecular complexity index is 364. The van der Waals surface area contributed by atoms with Gasteiger partial charge in [-0.05, 0) is 12.8 Å². The molecule has 1 aliphatic heterocycles. The molecule has 1 heterocycles. The minimum atomic E-state index is -3.34. The van der Waals surface area contributed by atoms with Gasteiger partial charge in [-0.1, -0.05) is 25.6 Å². The van der Waals surface area contributed by atoms with Crippen LogP contribution in [0.15, 0.2) is 0 Å². The van der Waals surface area contributed by atoms with Crippen LogP contribution in [-0.2, 0) is 10.2 Å². The van der Waals surface area contributed by atoms with E-state index in [4.69, 9.17) is 18.0 Å². The highest BCUT2D eigenvalue weighted by atomic mass is 32.2. The van der Waals surface area contributed by atoms with Gasteiger partial charge in [-0.25, -0.2) is 0 Å². The lowest BCUT2D eigenvalue weighted by molar-refractivity contribution is 0.312. The van der Waals surface area contributed by atoms with Crippen molar-refractivity contribution in [3.05, 3.63) is 0 Å². The number of hydrogen-bond donors (Lipinski definition) is 1. The van der Waals surface area contributed by atoms with Crippen LogP contribution in [-0.4, -0.2) is 48.7 Å². The maximum absolute atomic E-state index is 12.2. The lowest BCUT2D eigenvalue weighted by Gasteiger charge is -2.31. The summed E-state index contributed by atoms with van der Waals surface area (Å²) in [5.74, 6) is -0.102. The molecule has 17 heavy (non-hydrogen) atoms. The molecule has 0 amide bonds. The van der Waals surface area contributed by atoms with Crippen LogP contribution in [0.2, 0.25) is 0 Å². The summed E-state index contributed by atoms with van der Waals surface area (Å²) in [6.07, 6.45) is 2.99. The molecule has 1 fully saturated rings. The normalized spacial score (nSPS) is 20.4. The number of nitrogens with two attached hydrogens (primary N) is 1. The lowest BCUT2D eigenvalue weighted by Crippen LogP contribution is -2.46. The Kier molecular flexibility index (Phi) is 5.30. The molecule has 1 saturated heterocycles. The van der Waals surface area contributed by atoms with Crippen molar-refractivity contribution >= 4 is 27.4 Å². The van der Waals surface area contributed by atoms with Crippen molar-refractivity contribution in [1.82, 2.24) is 8.61 Å². The first kappa shape index (κ1) is 14.8. The van der Waals surface area contributed by atoms with Crippen LogP contribution in [0.5, 0.6) is 0 Å². The molecule has 5 nitrogen and oxygen atoms in total. The van der Waals surface area contributed by atoms with Crippen LogP contribution in [0.25, 0.3) is 0 Å². The van der Waals surface area contributed by atoms with E-state index in [-0.39, 0.29) is 5.92 Å². The highest BCUT2D eigenvalue weighted by Crippen LogP contribution is 2.16. The Morgan fingerprint density at radius 2 is 1.94 bits per heavy atom. The third-order valence-electron chi connectivity index (χ3n) is 3.05. The van der Waals surface area contributed by atoms with Crippen LogP contribution in [0.4, 0.5) is 0 Å². The second kappa shape index (κ2) is 6.08. The molecular formula is C10H21N3O2S2. The van der Waals surface area contributed by atoms with Crippen LogP contribution >= 0.6 is 12.2 Å². The van der Waals surface area contributed by atoms with E-state index < -0.39 is 10.2 Å². The molecule has 0 aromatic rings. The highest BCUT2D eigenvalue weighted by Gasteiger charge is 2.29. The van der Waals surface area contributed by atoms with Crippen LogP contribution in [0.3, 0.4) is 0 Å². The fourth-order valence-electron chi connectivity index (χ4n) is 1.86. The molecule has 2 N–H and O–H groups in total. The molecule has 0 aromatic carbocycles. The monoisotopic (exact) mass is 279 g/mol. The molecule has 7 heteroatoms. The van der Waals surface area contributed by atoms with Gasteiger partial charge in [-0.15, -0.1) is 0 Å². The van der Waals surface area contributed by atoms with Crippen molar-refractivity contribution in [3.63, 3.8) is 0 Å². The van der Waals surface area contributed by atoms with Crippen molar-refractivity contribution in [2.24, 2.45) is 11.7 Å². The second-order valence-corrected chi connectivity index (χ2v) is 7.06. The first-order chi connectivity index (χ1) is 7.85. The van der Waals surface area contributed by atoms with Gasteiger partial charge in [-0.2, -0.15) is 17.0 Å². The van der Waals surface area contributed by atoms with Crippen molar-refractivity contribution in [2.75, 3.05) is 26.7 Å². The highest BCUT2D eigenvalue weighted by molar-refractivity contribution is 7.86. The predicted molar refractivity (Wildman–Crippen MR) is 72.9 cm³/mol. The molecule has 1 rings (SSSR count). The number of hydrogen-bond acceptors (Lipinski definition) is 3. The van der Waals surface area contributed by atoms with Crippen LogP contribution in [0, 0.1) is 5.92 Å². The van der Waals surface area contributed by atoms with Crippen LogP contribution in [0.1, 0.15) is 26.2 Å². The summed E-state index contributed by atoms with van der Waals surface area (Å²) in [7, 11) is -1.76. The molecule has 0 aromatic heterocycles. The van der Waals surface area contributed by atoms with Gasteiger partial charge in [0, 0.05) is 32.6 Å². The topological polar surface area (TPSA) is 66.6 Å². The van der Waals surface area contributed by atoms with E-state index in [0.29, 0.717) is 24.6 Å². The van der Waals surface area contributed by atoms with E-state index in [1.807, 2.05) is 6.92 Å². The molecule has 100 valence electrons. The molecule has 0 spiro atoms. The van der Waals surface area contributed by atoms with E-state index >= 15 is 0 Å². The van der Waals surface area contributed by atoms with E-state index in [2.05, 4.69) is 0 Å². The summed E-state index contributed by atoms with van der Waals surface area (Å²) in [6, 6.07) is 0. The molecule has 1 aliphatic rings. The number of nitrogens with zero attached hydrogens (tertiary/aromatic N) is 2. The Morgan fingerprint density at radius 3 is 2.41 bits per heavy atom. The van der Waals surface area contributed by atoms with Crippen molar-refractivity contribution in [1.29, 1.82) is 0 Å². The van der Waals surface area contributed by atoms with Crippen molar-refractivity contribution < 1.29 is 8.42 Å². The third kappa shape index (κ3) is 3.87. The predicted octanol–water partition coefficient (Wildman–Crippen LogP) is 0.571. The SMILES string of the molecule is CC(CN(C)S(=O)(=O)N1CCCCC1)C(N)=S. The third-order valence-corrected chi connectivity index (χ3v) is 5.41. The summed E-state index contributed by atoms with van der Waals surface area (Å²) in [5.41, 5.74) is 5.50. The summed E-state index contributed by atoms with van der Waals surface area (Å²) in [4.78, 5) is 0.352. The summed E-state index contributed by atoms with van der Waals surface area (Å²) < 4.78 is 27.3. The Morgan fingerprint density at radius 1 is 1.41 bits per heavy atom. The smallest absolute Gasteiger partial charge is 0.281 e. The first-order valence-electron chi connectivity index (χ1n) is 5.86. The zero-order valence-corrected chi connectivity index (χ0v) is 12.1. The Hall–Kier alpha value is -0.240. The zero-order valence-electron chi connectivity index (χ0n) is 10.4. The van der Waals surface area contributed by atoms with Gasteiger partial charge in [0.05, 0.1) is 4.99 Å². The summed E-state index contributed by atoms with van der Waals surface area (Å²) in [5, 5.41) is 0. The minimum absolute atomic E-state index is 0.102. The van der Waals surface area contributed by atoms with Gasteiger partial charge in [0.2, 0.25) is 0 Å². The van der Waals surface area contributed by atoms with E-state index in [1.54, 1.807) is 11.4 Å². The quantitative estimate of drug-likeness (QED) is 0.747. The molecular weight excluding hydrogens is 258 g/mol. The zero-order chi connectivity index (χ0) is 13.1. The van der Waals surface area contributed by atoms with E-state index in [9.17, 15) is 8.42 Å². The molecule has 0 saturated carbocycles. The lowest BCUT2D eigenvalue weighted by atomic mass is 10.2. The van der Waals surface area contributed by atoms with Crippen molar-refractivity contribution in [2.45, 2.75) is 26.2 Å². The first-order valence-corrected chi connectivity index (χ1v) is 7.67. The maximum atomic E-state index is 12.2. The molecule has 0 radical (unpaired) electrons. The number of rotatable bonds is 5. The Labute approximate surface area is 109 Å². The minimum Gasteiger partial charge on any atom is -0.393 e. The van der Waals surface area contributed by atoms with Crippen molar-refractivity contribution in [3.8, 4) is 0 Å². The van der Waals surface area contributed by atoms with Gasteiger partial charge < -0.3 is 5.73 Å². The summed E-state index contributed by atoms with van der Waals surface area (Å²) in [6.45, 7) is 3.42. The van der Waals surface area contributed by atoms with Crippen LogP contribution < -0.4 is 5.73 Å². The largest absolute Gasteiger partial charge is 0.393 e. The number of piperidine rings is 1. The average molecular weight is 279 g/mol. The van der Waals surface area contributed by atoms with Gasteiger partial charge >= 0.3 is 0 Å². The van der Waals surface area contributed by atoms with Gasteiger partial charge in [0.15, 0.2) is 0 Å². The summed E-state index contributed by atoms with van der Waals surface area (Å²) >= 11 is 4.86. The van der Waals surface area contributed by atoms with Gasteiger partial charge in [0.1, 0.15) is 0 Å². The maximum Gasteiger partial charge on any atom is 0.281 e. The van der Waals surface area contributed by atoms with Gasteiger partial charge in [0.25, 0.3) is 10.2 Å². The Balaban J connectivity index is 2.65. The van der Waals surface area contributed by atoms with E-state index in [1.165, 1.54) is 4.31 Å². The fraction of sp³-hybridized carbons (Fsp3) is 0.900.